The molecular weight excluding hydrogens is 220 g/mol. The van der Waals surface area contributed by atoms with Crippen molar-refractivity contribution >= 4 is 5.97 Å². The summed E-state index contributed by atoms with van der Waals surface area (Å²) in [6.45, 7) is 0.426. The molecule has 0 aromatic carbocycles. The molecule has 17 heavy (non-hydrogen) atoms. The summed E-state index contributed by atoms with van der Waals surface area (Å²) in [5, 5.41) is 19.0. The average Bonchev–Trinajstić information content (AvgIpc) is 2.75. The van der Waals surface area contributed by atoms with Gasteiger partial charge in [0.15, 0.2) is 0 Å². The molecule has 2 N–H and O–H groups in total. The van der Waals surface area contributed by atoms with E-state index < -0.39 is 11.6 Å². The Hall–Kier alpha value is -0.610. The van der Waals surface area contributed by atoms with Crippen LogP contribution in [0.15, 0.2) is 0 Å². The van der Waals surface area contributed by atoms with Gasteiger partial charge in [-0.15, -0.1) is 0 Å². The molecule has 0 unspecified atom stereocenters. The first kappa shape index (κ1) is 12.8. The fourth-order valence-corrected chi connectivity index (χ4v) is 2.93. The maximum Gasteiger partial charge on any atom is 0.306 e. The van der Waals surface area contributed by atoms with E-state index in [0.29, 0.717) is 19.4 Å². The summed E-state index contributed by atoms with van der Waals surface area (Å²) in [6, 6.07) is 0. The normalized spacial score (nSPS) is 32.5. The minimum absolute atomic E-state index is 0.148. The van der Waals surface area contributed by atoms with E-state index in [-0.39, 0.29) is 12.0 Å². The molecule has 4 nitrogen and oxygen atoms in total. The molecule has 2 rings (SSSR count). The lowest BCUT2D eigenvalue weighted by Crippen LogP contribution is -2.35. The van der Waals surface area contributed by atoms with Crippen molar-refractivity contribution in [3.05, 3.63) is 0 Å². The molecule has 2 saturated carbocycles. The molecule has 0 atom stereocenters. The van der Waals surface area contributed by atoms with Crippen molar-refractivity contribution in [3.8, 4) is 0 Å². The van der Waals surface area contributed by atoms with Crippen molar-refractivity contribution in [2.24, 2.45) is 5.92 Å². The van der Waals surface area contributed by atoms with E-state index >= 15 is 0 Å². The Morgan fingerprint density at radius 3 is 2.29 bits per heavy atom. The zero-order valence-electron chi connectivity index (χ0n) is 10.2. The first-order valence-corrected chi connectivity index (χ1v) is 6.66. The van der Waals surface area contributed by atoms with E-state index in [1.54, 1.807) is 0 Å². The largest absolute Gasteiger partial charge is 0.481 e. The molecule has 0 aromatic heterocycles. The van der Waals surface area contributed by atoms with Crippen LogP contribution in [0.1, 0.15) is 51.4 Å². The highest BCUT2D eigenvalue weighted by Gasteiger charge is 2.33. The van der Waals surface area contributed by atoms with Crippen molar-refractivity contribution < 1.29 is 19.7 Å². The smallest absolute Gasteiger partial charge is 0.306 e. The second-order valence-electron chi connectivity index (χ2n) is 5.55. The zero-order chi connectivity index (χ0) is 12.3. The summed E-state index contributed by atoms with van der Waals surface area (Å²) >= 11 is 0. The number of rotatable bonds is 4. The lowest BCUT2D eigenvalue weighted by atomic mass is 9.87. The third kappa shape index (κ3) is 3.42. The van der Waals surface area contributed by atoms with Crippen LogP contribution in [0.2, 0.25) is 0 Å². The van der Waals surface area contributed by atoms with Gasteiger partial charge in [0, 0.05) is 0 Å². The van der Waals surface area contributed by atoms with E-state index in [9.17, 15) is 9.90 Å². The Labute approximate surface area is 102 Å². The van der Waals surface area contributed by atoms with Gasteiger partial charge in [-0.1, -0.05) is 12.8 Å². The van der Waals surface area contributed by atoms with E-state index in [2.05, 4.69) is 0 Å². The summed E-state index contributed by atoms with van der Waals surface area (Å²) in [7, 11) is 0. The first-order valence-electron chi connectivity index (χ1n) is 6.66. The van der Waals surface area contributed by atoms with Gasteiger partial charge in [0.05, 0.1) is 24.2 Å². The van der Waals surface area contributed by atoms with Crippen molar-refractivity contribution in [1.29, 1.82) is 0 Å². The topological polar surface area (TPSA) is 66.8 Å². The van der Waals surface area contributed by atoms with Crippen LogP contribution in [0.4, 0.5) is 0 Å². The van der Waals surface area contributed by atoms with Crippen molar-refractivity contribution in [2.75, 3.05) is 6.61 Å². The van der Waals surface area contributed by atoms with Gasteiger partial charge in [0.25, 0.3) is 0 Å². The van der Waals surface area contributed by atoms with Gasteiger partial charge in [-0.2, -0.15) is 0 Å². The quantitative estimate of drug-likeness (QED) is 0.790. The van der Waals surface area contributed by atoms with Crippen molar-refractivity contribution in [2.45, 2.75) is 63.1 Å². The van der Waals surface area contributed by atoms with Crippen LogP contribution in [-0.4, -0.2) is 34.5 Å². The highest BCUT2D eigenvalue weighted by Crippen LogP contribution is 2.32. The number of carboxylic acids is 1. The molecule has 2 aliphatic carbocycles. The highest BCUT2D eigenvalue weighted by atomic mass is 16.5. The number of hydrogen-bond acceptors (Lipinski definition) is 3. The maximum absolute atomic E-state index is 10.8. The van der Waals surface area contributed by atoms with Gasteiger partial charge >= 0.3 is 5.97 Å². The van der Waals surface area contributed by atoms with E-state index in [1.807, 2.05) is 0 Å². The molecule has 0 aromatic rings. The van der Waals surface area contributed by atoms with Crippen LogP contribution in [-0.2, 0) is 9.53 Å². The molecule has 0 amide bonds. The lowest BCUT2D eigenvalue weighted by molar-refractivity contribution is -0.144. The third-order valence-electron chi connectivity index (χ3n) is 4.15. The molecule has 0 saturated heterocycles. The van der Waals surface area contributed by atoms with Crippen LogP contribution in [0.5, 0.6) is 0 Å². The Morgan fingerprint density at radius 1 is 1.18 bits per heavy atom. The molecule has 0 spiro atoms. The Balaban J connectivity index is 1.69. The van der Waals surface area contributed by atoms with Gasteiger partial charge in [-0.3, -0.25) is 4.79 Å². The fourth-order valence-electron chi connectivity index (χ4n) is 2.93. The summed E-state index contributed by atoms with van der Waals surface area (Å²) in [4.78, 5) is 10.8. The first-order chi connectivity index (χ1) is 8.09. The highest BCUT2D eigenvalue weighted by molar-refractivity contribution is 5.70. The SMILES string of the molecule is O=C(O)C1CCC(OCC2(O)CCCC2)CC1. The van der Waals surface area contributed by atoms with Crippen LogP contribution in [0.25, 0.3) is 0 Å². The number of carbonyl (C=O) groups is 1. The van der Waals surface area contributed by atoms with Crippen LogP contribution in [0, 0.1) is 5.92 Å². The molecule has 2 fully saturated rings. The van der Waals surface area contributed by atoms with E-state index in [1.165, 1.54) is 0 Å². The summed E-state index contributed by atoms with van der Waals surface area (Å²) in [5.74, 6) is -0.873. The molecule has 0 heterocycles. The monoisotopic (exact) mass is 242 g/mol. The van der Waals surface area contributed by atoms with Gasteiger partial charge in [0.2, 0.25) is 0 Å². The zero-order valence-corrected chi connectivity index (χ0v) is 10.2. The minimum Gasteiger partial charge on any atom is -0.481 e. The van der Waals surface area contributed by atoms with E-state index in [0.717, 1.165) is 38.5 Å². The Morgan fingerprint density at radius 2 is 1.76 bits per heavy atom. The van der Waals surface area contributed by atoms with Gasteiger partial charge in [-0.05, 0) is 38.5 Å². The molecule has 0 radical (unpaired) electrons. The number of aliphatic carboxylic acids is 1. The minimum atomic E-state index is -0.683. The van der Waals surface area contributed by atoms with Gasteiger partial charge in [-0.25, -0.2) is 0 Å². The summed E-state index contributed by atoms with van der Waals surface area (Å²) in [5.41, 5.74) is -0.607. The molecule has 0 aliphatic heterocycles. The van der Waals surface area contributed by atoms with E-state index in [4.69, 9.17) is 9.84 Å². The summed E-state index contributed by atoms with van der Waals surface area (Å²) in [6.07, 6.45) is 7.05. The lowest BCUT2D eigenvalue weighted by Gasteiger charge is -2.30. The molecule has 0 bridgehead atoms. The fraction of sp³-hybridized carbons (Fsp3) is 0.923. The van der Waals surface area contributed by atoms with Crippen LogP contribution in [0.3, 0.4) is 0 Å². The predicted molar refractivity (Wildman–Crippen MR) is 62.8 cm³/mol. The Kier molecular flexibility index (Phi) is 4.05. The van der Waals surface area contributed by atoms with Crippen molar-refractivity contribution in [3.63, 3.8) is 0 Å². The third-order valence-corrected chi connectivity index (χ3v) is 4.15. The second kappa shape index (κ2) is 5.36. The van der Waals surface area contributed by atoms with Gasteiger partial charge < -0.3 is 14.9 Å². The second-order valence-corrected chi connectivity index (χ2v) is 5.55. The molecular formula is C13H22O4. The van der Waals surface area contributed by atoms with Crippen LogP contribution < -0.4 is 0 Å². The Bertz CT molecular complexity index is 263. The van der Waals surface area contributed by atoms with Crippen LogP contribution >= 0.6 is 0 Å². The molecule has 4 heteroatoms. The standard InChI is InChI=1S/C13H22O4/c14-12(15)10-3-5-11(6-4-10)17-9-13(16)7-1-2-8-13/h10-11,16H,1-9H2,(H,14,15). The summed E-state index contributed by atoms with van der Waals surface area (Å²) < 4.78 is 5.76. The molecule has 2 aliphatic rings. The molecule has 98 valence electrons. The predicted octanol–water partition coefficient (Wildman–Crippen LogP) is 1.95. The number of hydrogen-bond donors (Lipinski definition) is 2. The van der Waals surface area contributed by atoms with Gasteiger partial charge in [0.1, 0.15) is 0 Å². The maximum atomic E-state index is 10.8. The number of ether oxygens (including phenoxy) is 1. The average molecular weight is 242 g/mol. The number of aliphatic hydroxyl groups is 1. The number of carboxylic acid groups (broad SMARTS) is 1. The van der Waals surface area contributed by atoms with Crippen molar-refractivity contribution in [1.82, 2.24) is 0 Å².